The first-order chi connectivity index (χ1) is 10.6. The molecule has 0 aliphatic heterocycles. The van der Waals surface area contributed by atoms with Gasteiger partial charge in [-0.15, -0.1) is 0 Å². The normalized spacial score (nSPS) is 11.3. The van der Waals surface area contributed by atoms with Crippen molar-refractivity contribution in [1.82, 2.24) is 5.43 Å². The highest BCUT2D eigenvalue weighted by atomic mass is 79.9. The van der Waals surface area contributed by atoms with E-state index in [1.54, 1.807) is 30.3 Å². The number of rotatable bonds is 5. The zero-order valence-electron chi connectivity index (χ0n) is 12.1. The average Bonchev–Trinajstić information content (AvgIpc) is 2.52. The highest BCUT2D eigenvalue weighted by Crippen LogP contribution is 2.15. The number of nitrogens with zero attached hydrogens (tertiary/aromatic N) is 1. The first-order valence-corrected chi connectivity index (χ1v) is 7.78. The summed E-state index contributed by atoms with van der Waals surface area (Å²) in [6.07, 6.45) is 1.57. The monoisotopic (exact) mass is 362 g/mol. The molecule has 0 bridgehead atoms. The zero-order valence-corrected chi connectivity index (χ0v) is 13.7. The Morgan fingerprint density at radius 2 is 1.86 bits per heavy atom. The Labute approximate surface area is 137 Å². The molecule has 0 spiro atoms. The number of amides is 1. The molecule has 1 N–H and O–H groups in total. The van der Waals surface area contributed by atoms with Gasteiger partial charge in [-0.05, 0) is 52.2 Å². The maximum Gasteiger partial charge on any atom is 0.272 e. The SMILES string of the molecule is CCC/C(=N/NC(=O)c1ccccc1Br)c1ccc(F)cc1. The first kappa shape index (κ1) is 16.4. The Hall–Kier alpha value is -2.01. The number of hydrogen-bond acceptors (Lipinski definition) is 2. The van der Waals surface area contributed by atoms with Crippen molar-refractivity contribution < 1.29 is 9.18 Å². The molecule has 2 aromatic carbocycles. The fraction of sp³-hybridized carbons (Fsp3) is 0.176. The summed E-state index contributed by atoms with van der Waals surface area (Å²) in [5, 5.41) is 4.20. The molecule has 1 amide bonds. The van der Waals surface area contributed by atoms with Crippen LogP contribution < -0.4 is 5.43 Å². The van der Waals surface area contributed by atoms with Gasteiger partial charge in [-0.1, -0.05) is 37.6 Å². The van der Waals surface area contributed by atoms with Crippen LogP contribution in [0, 0.1) is 5.82 Å². The van der Waals surface area contributed by atoms with Gasteiger partial charge in [0.2, 0.25) is 0 Å². The minimum absolute atomic E-state index is 0.289. The molecule has 3 nitrogen and oxygen atoms in total. The highest BCUT2D eigenvalue weighted by molar-refractivity contribution is 9.10. The number of halogens is 2. The van der Waals surface area contributed by atoms with Crippen LogP contribution in [0.2, 0.25) is 0 Å². The van der Waals surface area contributed by atoms with Crippen molar-refractivity contribution in [3.63, 3.8) is 0 Å². The summed E-state index contributed by atoms with van der Waals surface area (Å²) in [5.41, 5.74) is 4.60. The molecule has 0 fully saturated rings. The number of nitrogens with one attached hydrogen (secondary N) is 1. The third kappa shape index (κ3) is 4.24. The van der Waals surface area contributed by atoms with Crippen LogP contribution in [-0.4, -0.2) is 11.6 Å². The molecule has 0 atom stereocenters. The largest absolute Gasteiger partial charge is 0.272 e. The number of hydrogen-bond donors (Lipinski definition) is 1. The molecule has 2 rings (SSSR count). The molecular weight excluding hydrogens is 347 g/mol. The fourth-order valence-corrected chi connectivity index (χ4v) is 2.43. The Balaban J connectivity index is 2.18. The van der Waals surface area contributed by atoms with Crippen molar-refractivity contribution in [2.45, 2.75) is 19.8 Å². The molecule has 0 saturated heterocycles. The first-order valence-electron chi connectivity index (χ1n) is 6.99. The molecule has 2 aromatic rings. The third-order valence-corrected chi connectivity index (χ3v) is 3.77. The minimum Gasteiger partial charge on any atom is -0.267 e. The van der Waals surface area contributed by atoms with Gasteiger partial charge in [0.1, 0.15) is 5.82 Å². The fourth-order valence-electron chi connectivity index (χ4n) is 1.97. The second-order valence-corrected chi connectivity index (χ2v) is 5.59. The lowest BCUT2D eigenvalue weighted by Gasteiger charge is -2.07. The van der Waals surface area contributed by atoms with E-state index in [-0.39, 0.29) is 11.7 Å². The van der Waals surface area contributed by atoms with Gasteiger partial charge in [-0.25, -0.2) is 9.82 Å². The lowest BCUT2D eigenvalue weighted by molar-refractivity contribution is 0.0954. The average molecular weight is 363 g/mol. The number of carbonyl (C=O) groups is 1. The minimum atomic E-state index is -0.295. The Bertz CT molecular complexity index is 683. The van der Waals surface area contributed by atoms with Crippen molar-refractivity contribution >= 4 is 27.5 Å². The van der Waals surface area contributed by atoms with Crippen LogP contribution in [0.25, 0.3) is 0 Å². The Kier molecular flexibility index (Phi) is 5.83. The number of carbonyl (C=O) groups excluding carboxylic acids is 1. The highest BCUT2D eigenvalue weighted by Gasteiger charge is 2.09. The van der Waals surface area contributed by atoms with Gasteiger partial charge in [-0.3, -0.25) is 4.79 Å². The molecule has 22 heavy (non-hydrogen) atoms. The van der Waals surface area contributed by atoms with Crippen molar-refractivity contribution in [2.24, 2.45) is 5.10 Å². The van der Waals surface area contributed by atoms with Gasteiger partial charge in [0.05, 0.1) is 11.3 Å². The van der Waals surface area contributed by atoms with Crippen molar-refractivity contribution in [1.29, 1.82) is 0 Å². The lowest BCUT2D eigenvalue weighted by Crippen LogP contribution is -2.20. The summed E-state index contributed by atoms with van der Waals surface area (Å²) in [6.45, 7) is 2.02. The third-order valence-electron chi connectivity index (χ3n) is 3.08. The lowest BCUT2D eigenvalue weighted by atomic mass is 10.1. The summed E-state index contributed by atoms with van der Waals surface area (Å²) < 4.78 is 13.7. The van der Waals surface area contributed by atoms with Crippen LogP contribution in [0.1, 0.15) is 35.7 Å². The van der Waals surface area contributed by atoms with Crippen LogP contribution in [0.15, 0.2) is 58.1 Å². The standard InChI is InChI=1S/C17H16BrFN2O/c1-2-5-16(12-8-10-13(19)11-9-12)20-21-17(22)14-6-3-4-7-15(14)18/h3-4,6-11H,2,5H2,1H3,(H,21,22)/b20-16-. The Morgan fingerprint density at radius 1 is 1.18 bits per heavy atom. The van der Waals surface area contributed by atoms with Crippen molar-refractivity contribution in [3.8, 4) is 0 Å². The van der Waals surface area contributed by atoms with E-state index < -0.39 is 0 Å². The molecule has 0 aliphatic rings. The number of benzene rings is 2. The van der Waals surface area contributed by atoms with E-state index in [2.05, 4.69) is 26.5 Å². The van der Waals surface area contributed by atoms with Crippen LogP contribution in [0.3, 0.4) is 0 Å². The maximum absolute atomic E-state index is 13.0. The van der Waals surface area contributed by atoms with Crippen LogP contribution >= 0.6 is 15.9 Å². The van der Waals surface area contributed by atoms with Crippen molar-refractivity contribution in [2.75, 3.05) is 0 Å². The summed E-state index contributed by atoms with van der Waals surface area (Å²) >= 11 is 3.34. The van der Waals surface area contributed by atoms with E-state index in [4.69, 9.17) is 0 Å². The molecule has 0 radical (unpaired) electrons. The van der Waals surface area contributed by atoms with E-state index in [1.807, 2.05) is 13.0 Å². The summed E-state index contributed by atoms with van der Waals surface area (Å²) in [7, 11) is 0. The summed E-state index contributed by atoms with van der Waals surface area (Å²) in [5.74, 6) is -0.583. The van der Waals surface area contributed by atoms with E-state index in [0.29, 0.717) is 16.5 Å². The van der Waals surface area contributed by atoms with E-state index in [0.717, 1.165) is 17.7 Å². The number of hydrazone groups is 1. The van der Waals surface area contributed by atoms with Gasteiger partial charge in [0, 0.05) is 4.47 Å². The topological polar surface area (TPSA) is 41.5 Å². The van der Waals surface area contributed by atoms with Gasteiger partial charge < -0.3 is 0 Å². The molecule has 0 saturated carbocycles. The predicted molar refractivity (Wildman–Crippen MR) is 89.5 cm³/mol. The van der Waals surface area contributed by atoms with Gasteiger partial charge in [0.25, 0.3) is 5.91 Å². The predicted octanol–water partition coefficient (Wildman–Crippen LogP) is 4.52. The molecule has 114 valence electrons. The smallest absolute Gasteiger partial charge is 0.267 e. The molecule has 0 unspecified atom stereocenters. The van der Waals surface area contributed by atoms with Crippen LogP contribution in [-0.2, 0) is 0 Å². The van der Waals surface area contributed by atoms with Crippen LogP contribution in [0.4, 0.5) is 4.39 Å². The van der Waals surface area contributed by atoms with E-state index in [1.165, 1.54) is 12.1 Å². The molecule has 5 heteroatoms. The molecule has 0 aliphatic carbocycles. The maximum atomic E-state index is 13.0. The summed E-state index contributed by atoms with van der Waals surface area (Å²) in [4.78, 5) is 12.2. The quantitative estimate of drug-likeness (QED) is 0.616. The van der Waals surface area contributed by atoms with Gasteiger partial charge >= 0.3 is 0 Å². The van der Waals surface area contributed by atoms with Gasteiger partial charge in [0.15, 0.2) is 0 Å². The van der Waals surface area contributed by atoms with Gasteiger partial charge in [-0.2, -0.15) is 5.10 Å². The second-order valence-electron chi connectivity index (χ2n) is 4.74. The van der Waals surface area contributed by atoms with Crippen LogP contribution in [0.5, 0.6) is 0 Å². The van der Waals surface area contributed by atoms with E-state index >= 15 is 0 Å². The molecular formula is C17H16BrFN2O. The molecule has 0 heterocycles. The zero-order chi connectivity index (χ0) is 15.9. The van der Waals surface area contributed by atoms with Crippen molar-refractivity contribution in [3.05, 3.63) is 69.9 Å². The van der Waals surface area contributed by atoms with E-state index in [9.17, 15) is 9.18 Å². The summed E-state index contributed by atoms with van der Waals surface area (Å²) in [6, 6.07) is 13.2. The second kappa shape index (κ2) is 7.84. The molecule has 0 aromatic heterocycles. The Morgan fingerprint density at radius 3 is 2.50 bits per heavy atom.